The van der Waals surface area contributed by atoms with E-state index in [1.165, 1.54) is 6.07 Å². The van der Waals surface area contributed by atoms with Gasteiger partial charge in [-0.1, -0.05) is 11.6 Å². The molecule has 1 amide bonds. The summed E-state index contributed by atoms with van der Waals surface area (Å²) in [5.74, 6) is 0.313. The molecular weight excluding hydrogens is 378 g/mol. The maximum atomic E-state index is 13.2. The molecule has 2 heterocycles. The largest absolute Gasteiger partial charge is 0.444 e. The Hall–Kier alpha value is -2.14. The first-order valence-corrected chi connectivity index (χ1v) is 9.00. The van der Waals surface area contributed by atoms with Crippen molar-refractivity contribution in [1.29, 1.82) is 5.26 Å². The summed E-state index contributed by atoms with van der Waals surface area (Å²) in [5, 5.41) is 8.78. The van der Waals surface area contributed by atoms with Crippen LogP contribution in [0.25, 0.3) is 0 Å². The van der Waals surface area contributed by atoms with E-state index >= 15 is 0 Å². The normalized spacial score (nSPS) is 15.6. The van der Waals surface area contributed by atoms with E-state index in [1.807, 2.05) is 25.7 Å². The summed E-state index contributed by atoms with van der Waals surface area (Å²) in [5.41, 5.74) is -1.28. The van der Waals surface area contributed by atoms with Gasteiger partial charge in [0, 0.05) is 31.7 Å². The highest BCUT2D eigenvalue weighted by Crippen LogP contribution is 2.31. The predicted octanol–water partition coefficient (Wildman–Crippen LogP) is 4.38. The summed E-state index contributed by atoms with van der Waals surface area (Å²) in [6, 6.07) is 2.88. The first-order valence-electron chi connectivity index (χ1n) is 8.63. The monoisotopic (exact) mass is 400 g/mol. The molecule has 1 fully saturated rings. The minimum Gasteiger partial charge on any atom is -0.444 e. The fourth-order valence-electron chi connectivity index (χ4n) is 2.93. The van der Waals surface area contributed by atoms with Crippen LogP contribution in [-0.2, 0) is 4.74 Å². The molecule has 0 atom stereocenters. The number of amides is 1. The summed E-state index contributed by atoms with van der Waals surface area (Å²) < 4.78 is 31.8. The maximum absolute atomic E-state index is 13.2. The Morgan fingerprint density at radius 3 is 2.52 bits per heavy atom. The molecule has 27 heavy (non-hydrogen) atoms. The molecule has 0 saturated carbocycles. The Morgan fingerprint density at radius 2 is 2.04 bits per heavy atom. The van der Waals surface area contributed by atoms with E-state index in [-0.39, 0.29) is 22.9 Å². The highest BCUT2D eigenvalue weighted by atomic mass is 35.5. The molecule has 0 aliphatic carbocycles. The second kappa shape index (κ2) is 8.26. The van der Waals surface area contributed by atoms with Gasteiger partial charge in [-0.15, -0.1) is 0 Å². The molecule has 0 unspecified atom stereocenters. The van der Waals surface area contributed by atoms with Crippen molar-refractivity contribution in [3.05, 3.63) is 22.3 Å². The fraction of sp³-hybridized carbons (Fsp3) is 0.611. The van der Waals surface area contributed by atoms with Crippen LogP contribution in [0.4, 0.5) is 19.4 Å². The van der Waals surface area contributed by atoms with E-state index in [4.69, 9.17) is 21.6 Å². The average molecular weight is 401 g/mol. The van der Waals surface area contributed by atoms with E-state index in [9.17, 15) is 13.6 Å². The highest BCUT2D eigenvalue weighted by Gasteiger charge is 2.30. The summed E-state index contributed by atoms with van der Waals surface area (Å²) in [6.45, 7) is 6.47. The van der Waals surface area contributed by atoms with Gasteiger partial charge in [0.25, 0.3) is 6.43 Å². The van der Waals surface area contributed by atoms with Crippen LogP contribution < -0.4 is 4.90 Å². The quantitative estimate of drug-likeness (QED) is 0.704. The van der Waals surface area contributed by atoms with Crippen molar-refractivity contribution in [3.63, 3.8) is 0 Å². The van der Waals surface area contributed by atoms with Crippen LogP contribution in [-0.4, -0.2) is 47.8 Å². The Balaban J connectivity index is 2.08. The molecule has 1 aliphatic heterocycles. The SMILES string of the molecule is CN(C(=O)OC(C)(C)C)C1CCN(c2cc(C(F)F)c(C#N)c(Cl)n2)CC1. The molecule has 9 heteroatoms. The topological polar surface area (TPSA) is 69.5 Å². The standard InChI is InChI=1S/C18H23ClF2N4O2/c1-18(2,3)27-17(26)24(4)11-5-7-25(8-6-11)14-9-12(16(20)21)13(10-22)15(19)23-14/h9,11,16H,5-8H2,1-4H3. The minimum absolute atomic E-state index is 0.0143. The number of pyridine rings is 1. The number of alkyl halides is 2. The van der Waals surface area contributed by atoms with Gasteiger partial charge < -0.3 is 14.5 Å². The van der Waals surface area contributed by atoms with Crippen molar-refractivity contribution in [2.24, 2.45) is 0 Å². The lowest BCUT2D eigenvalue weighted by Crippen LogP contribution is -2.47. The number of ether oxygens (including phenoxy) is 1. The number of piperidine rings is 1. The zero-order valence-corrected chi connectivity index (χ0v) is 16.6. The van der Waals surface area contributed by atoms with Crippen molar-refractivity contribution in [2.45, 2.75) is 51.7 Å². The third kappa shape index (κ3) is 5.19. The van der Waals surface area contributed by atoms with Crippen molar-refractivity contribution in [1.82, 2.24) is 9.88 Å². The third-order valence-electron chi connectivity index (χ3n) is 4.36. The average Bonchev–Trinajstić information content (AvgIpc) is 2.59. The van der Waals surface area contributed by atoms with Gasteiger partial charge in [0.2, 0.25) is 0 Å². The van der Waals surface area contributed by atoms with Gasteiger partial charge in [-0.25, -0.2) is 18.6 Å². The summed E-state index contributed by atoms with van der Waals surface area (Å²) in [4.78, 5) is 19.7. The number of hydrogen-bond acceptors (Lipinski definition) is 5. The molecule has 2 rings (SSSR count). The number of carbonyl (C=O) groups excluding carboxylic acids is 1. The Morgan fingerprint density at radius 1 is 1.44 bits per heavy atom. The van der Waals surface area contributed by atoms with Crippen molar-refractivity contribution < 1.29 is 18.3 Å². The molecule has 0 bridgehead atoms. The Kier molecular flexibility index (Phi) is 6.47. The van der Waals surface area contributed by atoms with E-state index in [0.29, 0.717) is 31.7 Å². The zero-order valence-electron chi connectivity index (χ0n) is 15.8. The molecular formula is C18H23ClF2N4O2. The summed E-state index contributed by atoms with van der Waals surface area (Å²) in [7, 11) is 1.69. The van der Waals surface area contributed by atoms with E-state index in [0.717, 1.165) is 0 Å². The summed E-state index contributed by atoms with van der Waals surface area (Å²) >= 11 is 5.92. The number of anilines is 1. The van der Waals surface area contributed by atoms with Crippen molar-refractivity contribution in [2.75, 3.05) is 25.0 Å². The minimum atomic E-state index is -2.81. The van der Waals surface area contributed by atoms with Gasteiger partial charge in [0.1, 0.15) is 22.6 Å². The van der Waals surface area contributed by atoms with E-state index < -0.39 is 17.6 Å². The van der Waals surface area contributed by atoms with Gasteiger partial charge in [0.05, 0.1) is 5.56 Å². The molecule has 0 radical (unpaired) electrons. The van der Waals surface area contributed by atoms with Crippen LogP contribution in [0.3, 0.4) is 0 Å². The fourth-order valence-corrected chi connectivity index (χ4v) is 3.17. The molecule has 6 nitrogen and oxygen atoms in total. The molecule has 1 aliphatic rings. The highest BCUT2D eigenvalue weighted by molar-refractivity contribution is 6.30. The second-order valence-corrected chi connectivity index (χ2v) is 7.82. The molecule has 148 valence electrons. The van der Waals surface area contributed by atoms with Crippen LogP contribution in [0.2, 0.25) is 5.15 Å². The van der Waals surface area contributed by atoms with Crippen LogP contribution in [0.5, 0.6) is 0 Å². The van der Waals surface area contributed by atoms with Crippen molar-refractivity contribution in [3.8, 4) is 6.07 Å². The molecule has 0 spiro atoms. The molecule has 1 saturated heterocycles. The maximum Gasteiger partial charge on any atom is 0.410 e. The number of halogens is 3. The zero-order chi connectivity index (χ0) is 20.4. The molecule has 0 aromatic carbocycles. The van der Waals surface area contributed by atoms with Crippen LogP contribution in [0.1, 0.15) is 51.2 Å². The van der Waals surface area contributed by atoms with Gasteiger partial charge in [-0.05, 0) is 39.7 Å². The predicted molar refractivity (Wildman–Crippen MR) is 98.2 cm³/mol. The number of aromatic nitrogens is 1. The third-order valence-corrected chi connectivity index (χ3v) is 4.63. The van der Waals surface area contributed by atoms with Crippen LogP contribution in [0.15, 0.2) is 6.07 Å². The Labute approximate surface area is 162 Å². The van der Waals surface area contributed by atoms with E-state index in [1.54, 1.807) is 18.0 Å². The lowest BCUT2D eigenvalue weighted by molar-refractivity contribution is 0.0200. The number of hydrogen-bond donors (Lipinski definition) is 0. The number of nitriles is 1. The smallest absolute Gasteiger partial charge is 0.410 e. The van der Waals surface area contributed by atoms with Crippen molar-refractivity contribution >= 4 is 23.5 Å². The van der Waals surface area contributed by atoms with E-state index in [2.05, 4.69) is 4.98 Å². The molecule has 1 aromatic rings. The second-order valence-electron chi connectivity index (χ2n) is 7.46. The lowest BCUT2D eigenvalue weighted by Gasteiger charge is -2.37. The number of rotatable bonds is 3. The summed E-state index contributed by atoms with van der Waals surface area (Å²) in [6.07, 6.45) is -1.92. The Bertz CT molecular complexity index is 738. The molecule has 1 aromatic heterocycles. The number of carbonyl (C=O) groups is 1. The van der Waals surface area contributed by atoms with Gasteiger partial charge in [0.15, 0.2) is 0 Å². The van der Waals surface area contributed by atoms with Gasteiger partial charge >= 0.3 is 6.09 Å². The van der Waals surface area contributed by atoms with Crippen LogP contribution in [0, 0.1) is 11.3 Å². The first-order chi connectivity index (χ1) is 12.5. The van der Waals surface area contributed by atoms with Crippen LogP contribution >= 0.6 is 11.6 Å². The molecule has 0 N–H and O–H groups in total. The number of nitrogens with zero attached hydrogens (tertiary/aromatic N) is 4. The first kappa shape index (κ1) is 21.2. The van der Waals surface area contributed by atoms with Gasteiger partial charge in [-0.3, -0.25) is 0 Å². The van der Waals surface area contributed by atoms with Gasteiger partial charge in [-0.2, -0.15) is 5.26 Å². The lowest BCUT2D eigenvalue weighted by atomic mass is 10.0.